The smallest absolute Gasteiger partial charge is 0.261 e. The van der Waals surface area contributed by atoms with Crippen molar-refractivity contribution in [3.63, 3.8) is 0 Å². The quantitative estimate of drug-likeness (QED) is 0.596. The molecule has 0 aromatic heterocycles. The molecular weight excluding hydrogens is 348 g/mol. The number of nitrogens with one attached hydrogen (secondary N) is 1. The second kappa shape index (κ2) is 8.19. The zero-order valence-electron chi connectivity index (χ0n) is 14.5. The first-order chi connectivity index (χ1) is 12.6. The normalized spacial score (nSPS) is 13.0. The molecule has 2 aromatic rings. The van der Waals surface area contributed by atoms with Gasteiger partial charge in [0.2, 0.25) is 5.91 Å². The zero-order valence-corrected chi connectivity index (χ0v) is 15.3. The highest BCUT2D eigenvalue weighted by Gasteiger charge is 2.34. The molecule has 6 heteroatoms. The van der Waals surface area contributed by atoms with Crippen molar-refractivity contribution in [2.75, 3.05) is 17.6 Å². The maximum Gasteiger partial charge on any atom is 0.261 e. The Hall–Kier alpha value is -2.60. The van der Waals surface area contributed by atoms with Crippen LogP contribution in [-0.4, -0.2) is 34.9 Å². The van der Waals surface area contributed by atoms with Gasteiger partial charge in [-0.25, -0.2) is 0 Å². The Kier molecular flexibility index (Phi) is 5.73. The molecule has 0 bridgehead atoms. The molecule has 1 aliphatic heterocycles. The summed E-state index contributed by atoms with van der Waals surface area (Å²) >= 11 is 1.55. The molecule has 3 amide bonds. The first-order valence-corrected chi connectivity index (χ1v) is 9.56. The Morgan fingerprint density at radius 1 is 1.04 bits per heavy atom. The summed E-state index contributed by atoms with van der Waals surface area (Å²) in [5.41, 5.74) is 1.71. The minimum atomic E-state index is -0.230. The fraction of sp³-hybridized carbons (Fsp3) is 0.250. The number of amides is 3. The monoisotopic (exact) mass is 368 g/mol. The van der Waals surface area contributed by atoms with Crippen LogP contribution in [0.5, 0.6) is 0 Å². The third-order valence-electron chi connectivity index (χ3n) is 4.06. The molecule has 3 rings (SSSR count). The number of nitrogens with zero attached hydrogens (tertiary/aromatic N) is 1. The molecule has 0 saturated carbocycles. The number of carbonyl (C=O) groups excluding carboxylic acids is 3. The molecule has 0 fully saturated rings. The number of benzene rings is 2. The average Bonchev–Trinajstić information content (AvgIpc) is 2.87. The molecule has 26 heavy (non-hydrogen) atoms. The van der Waals surface area contributed by atoms with E-state index in [1.165, 1.54) is 4.90 Å². The first-order valence-electron chi connectivity index (χ1n) is 8.58. The summed E-state index contributed by atoms with van der Waals surface area (Å²) in [5.74, 6) is 0.136. The molecule has 5 nitrogen and oxygen atoms in total. The van der Waals surface area contributed by atoms with Gasteiger partial charge in [-0.3, -0.25) is 19.3 Å². The Morgan fingerprint density at radius 2 is 1.73 bits per heavy atom. The Bertz CT molecular complexity index is 815. The van der Waals surface area contributed by atoms with Gasteiger partial charge in [0.15, 0.2) is 0 Å². The van der Waals surface area contributed by atoms with Gasteiger partial charge in [-0.2, -0.15) is 0 Å². The number of rotatable bonds is 7. The van der Waals surface area contributed by atoms with Crippen LogP contribution in [0.3, 0.4) is 0 Å². The second-order valence-electron chi connectivity index (χ2n) is 5.98. The lowest BCUT2D eigenvalue weighted by Crippen LogP contribution is -2.31. The van der Waals surface area contributed by atoms with Crippen LogP contribution in [0, 0.1) is 0 Å². The van der Waals surface area contributed by atoms with E-state index >= 15 is 0 Å². The van der Waals surface area contributed by atoms with Gasteiger partial charge in [0.25, 0.3) is 11.8 Å². The van der Waals surface area contributed by atoms with Gasteiger partial charge in [0.1, 0.15) is 0 Å². The van der Waals surface area contributed by atoms with Gasteiger partial charge in [-0.05, 0) is 36.8 Å². The molecule has 0 radical (unpaired) electrons. The van der Waals surface area contributed by atoms with Gasteiger partial charge in [-0.1, -0.05) is 25.1 Å². The van der Waals surface area contributed by atoms with Gasteiger partial charge in [0, 0.05) is 29.3 Å². The van der Waals surface area contributed by atoms with E-state index in [0.717, 1.165) is 17.0 Å². The van der Waals surface area contributed by atoms with E-state index in [2.05, 4.69) is 5.32 Å². The predicted octanol–water partition coefficient (Wildman–Crippen LogP) is 3.81. The molecule has 2 aromatic carbocycles. The number of imide groups is 1. The minimum Gasteiger partial charge on any atom is -0.326 e. The zero-order chi connectivity index (χ0) is 18.5. The summed E-state index contributed by atoms with van der Waals surface area (Å²) in [6.07, 6.45) is 1.30. The van der Waals surface area contributed by atoms with Crippen LogP contribution in [0.25, 0.3) is 0 Å². The van der Waals surface area contributed by atoms with Gasteiger partial charge >= 0.3 is 0 Å². The number of fused-ring (bicyclic) bond motifs is 1. The lowest BCUT2D eigenvalue weighted by molar-refractivity contribution is -0.116. The molecule has 0 atom stereocenters. The molecule has 1 heterocycles. The van der Waals surface area contributed by atoms with Crippen molar-refractivity contribution in [3.05, 3.63) is 59.7 Å². The van der Waals surface area contributed by atoms with Crippen LogP contribution in [0.15, 0.2) is 53.4 Å². The summed E-state index contributed by atoms with van der Waals surface area (Å²) in [6.45, 7) is 2.31. The third-order valence-corrected chi connectivity index (χ3v) is 5.03. The lowest BCUT2D eigenvalue weighted by Gasteiger charge is -2.13. The van der Waals surface area contributed by atoms with Crippen LogP contribution in [0.1, 0.15) is 40.5 Å². The standard InChI is InChI=1S/C20H20N2O3S/c1-2-6-18(23)21-14-7-5-8-15(13-14)26-12-11-22-19(24)16-9-3-4-10-17(16)20(22)25/h3-5,7-10,13H,2,6,11-12H2,1H3,(H,21,23). The fourth-order valence-corrected chi connectivity index (χ4v) is 3.71. The van der Waals surface area contributed by atoms with Crippen molar-refractivity contribution in [3.8, 4) is 0 Å². The van der Waals surface area contributed by atoms with E-state index in [4.69, 9.17) is 0 Å². The van der Waals surface area contributed by atoms with Crippen LogP contribution >= 0.6 is 11.8 Å². The summed E-state index contributed by atoms with van der Waals surface area (Å²) in [5, 5.41) is 2.87. The molecule has 0 spiro atoms. The van der Waals surface area contributed by atoms with Crippen LogP contribution in [0.2, 0.25) is 0 Å². The van der Waals surface area contributed by atoms with E-state index in [9.17, 15) is 14.4 Å². The highest BCUT2D eigenvalue weighted by atomic mass is 32.2. The number of thioether (sulfide) groups is 1. The topological polar surface area (TPSA) is 66.5 Å². The van der Waals surface area contributed by atoms with E-state index in [1.807, 2.05) is 31.2 Å². The average molecular weight is 368 g/mol. The summed E-state index contributed by atoms with van der Waals surface area (Å²) < 4.78 is 0. The molecule has 0 saturated heterocycles. The molecule has 0 aliphatic carbocycles. The second-order valence-corrected chi connectivity index (χ2v) is 7.15. The molecule has 134 valence electrons. The molecule has 1 aliphatic rings. The van der Waals surface area contributed by atoms with Crippen molar-refractivity contribution >= 4 is 35.2 Å². The van der Waals surface area contributed by atoms with Crippen molar-refractivity contribution in [1.29, 1.82) is 0 Å². The van der Waals surface area contributed by atoms with E-state index in [-0.39, 0.29) is 17.7 Å². The van der Waals surface area contributed by atoms with E-state index in [1.54, 1.807) is 36.0 Å². The maximum atomic E-state index is 12.3. The molecule has 0 unspecified atom stereocenters. The van der Waals surface area contributed by atoms with Crippen molar-refractivity contribution in [2.24, 2.45) is 0 Å². The van der Waals surface area contributed by atoms with Crippen molar-refractivity contribution in [2.45, 2.75) is 24.7 Å². The van der Waals surface area contributed by atoms with Crippen LogP contribution in [-0.2, 0) is 4.79 Å². The largest absolute Gasteiger partial charge is 0.326 e. The molecule has 1 N–H and O–H groups in total. The van der Waals surface area contributed by atoms with Crippen LogP contribution < -0.4 is 5.32 Å². The first kappa shape index (κ1) is 18.2. The molecular formula is C20H20N2O3S. The highest BCUT2D eigenvalue weighted by molar-refractivity contribution is 7.99. The number of hydrogen-bond donors (Lipinski definition) is 1. The SMILES string of the molecule is CCCC(=O)Nc1cccc(SCCN2C(=O)c3ccccc3C2=O)c1. The van der Waals surface area contributed by atoms with Crippen LogP contribution in [0.4, 0.5) is 5.69 Å². The lowest BCUT2D eigenvalue weighted by atomic mass is 10.1. The Balaban J connectivity index is 1.57. The number of hydrogen-bond acceptors (Lipinski definition) is 4. The van der Waals surface area contributed by atoms with Gasteiger partial charge in [-0.15, -0.1) is 11.8 Å². The Morgan fingerprint density at radius 3 is 2.38 bits per heavy atom. The van der Waals surface area contributed by atoms with Crippen molar-refractivity contribution in [1.82, 2.24) is 4.90 Å². The maximum absolute atomic E-state index is 12.3. The fourth-order valence-electron chi connectivity index (χ4n) is 2.81. The highest BCUT2D eigenvalue weighted by Crippen LogP contribution is 2.25. The number of anilines is 1. The van der Waals surface area contributed by atoms with E-state index in [0.29, 0.717) is 29.8 Å². The predicted molar refractivity (Wildman–Crippen MR) is 103 cm³/mol. The van der Waals surface area contributed by atoms with Crippen molar-refractivity contribution < 1.29 is 14.4 Å². The Labute approximate surface area is 156 Å². The van der Waals surface area contributed by atoms with Gasteiger partial charge in [0.05, 0.1) is 11.1 Å². The third kappa shape index (κ3) is 3.96. The summed E-state index contributed by atoms with van der Waals surface area (Å²) in [4.78, 5) is 38.6. The summed E-state index contributed by atoms with van der Waals surface area (Å²) in [7, 11) is 0. The summed E-state index contributed by atoms with van der Waals surface area (Å²) in [6, 6.07) is 14.5. The number of carbonyl (C=O) groups is 3. The van der Waals surface area contributed by atoms with Gasteiger partial charge < -0.3 is 5.32 Å². The van der Waals surface area contributed by atoms with E-state index < -0.39 is 0 Å². The minimum absolute atomic E-state index is 0.000625.